The van der Waals surface area contributed by atoms with Crippen LogP contribution in [0.25, 0.3) is 0 Å². The van der Waals surface area contributed by atoms with E-state index in [4.69, 9.17) is 14.2 Å². The van der Waals surface area contributed by atoms with Crippen LogP contribution in [0.15, 0.2) is 24.3 Å². The topological polar surface area (TPSA) is 48.0 Å². The van der Waals surface area contributed by atoms with Crippen molar-refractivity contribution >= 4 is 17.7 Å². The van der Waals surface area contributed by atoms with Crippen LogP contribution in [0.3, 0.4) is 0 Å². The molecule has 3 aliphatic rings. The molecule has 1 aromatic carbocycles. The lowest BCUT2D eigenvalue weighted by Crippen LogP contribution is -2.61. The second-order valence-corrected chi connectivity index (χ2v) is 8.77. The minimum Gasteiger partial charge on any atom is -0.493 e. The molecule has 1 amide bonds. The number of nitrogens with zero attached hydrogens (tertiary/aromatic N) is 1. The van der Waals surface area contributed by atoms with Crippen LogP contribution in [-0.2, 0) is 9.53 Å². The Bertz CT molecular complexity index is 628. The Kier molecular flexibility index (Phi) is 4.82. The van der Waals surface area contributed by atoms with Gasteiger partial charge in [-0.3, -0.25) is 4.79 Å². The molecule has 2 aliphatic heterocycles. The molecule has 2 saturated heterocycles. The number of hydrogen-bond donors (Lipinski definition) is 0. The van der Waals surface area contributed by atoms with Gasteiger partial charge >= 0.3 is 0 Å². The van der Waals surface area contributed by atoms with Crippen LogP contribution in [0.1, 0.15) is 19.3 Å². The van der Waals surface area contributed by atoms with Crippen molar-refractivity contribution in [2.75, 3.05) is 39.2 Å². The van der Waals surface area contributed by atoms with E-state index in [0.29, 0.717) is 17.6 Å². The van der Waals surface area contributed by atoms with Gasteiger partial charge in [0.1, 0.15) is 0 Å². The first-order valence-corrected chi connectivity index (χ1v) is 9.95. The van der Waals surface area contributed by atoms with Crippen LogP contribution >= 0.6 is 11.8 Å². The molecule has 136 valence electrons. The molecule has 1 aliphatic carbocycles. The number of carbonyl (C=O) groups excluding carboxylic acids is 1. The summed E-state index contributed by atoms with van der Waals surface area (Å²) >= 11 is 1.97. The van der Waals surface area contributed by atoms with Gasteiger partial charge in [0.2, 0.25) is 0 Å². The van der Waals surface area contributed by atoms with E-state index in [9.17, 15) is 4.79 Å². The smallest absolute Gasteiger partial charge is 0.260 e. The maximum absolute atomic E-state index is 12.4. The normalized spacial score (nSPS) is 24.2. The van der Waals surface area contributed by atoms with Crippen molar-refractivity contribution in [3.05, 3.63) is 24.3 Å². The molecular formula is C19H25NO4S. The molecule has 1 aromatic rings. The van der Waals surface area contributed by atoms with Gasteiger partial charge in [-0.05, 0) is 37.3 Å². The quantitative estimate of drug-likeness (QED) is 0.745. The van der Waals surface area contributed by atoms with Gasteiger partial charge in [0.25, 0.3) is 5.91 Å². The zero-order valence-corrected chi connectivity index (χ0v) is 15.4. The predicted octanol–water partition coefficient (Wildman–Crippen LogP) is 2.59. The largest absolute Gasteiger partial charge is 0.493 e. The summed E-state index contributed by atoms with van der Waals surface area (Å²) in [6.07, 6.45) is 4.10. The number of benzene rings is 1. The van der Waals surface area contributed by atoms with Gasteiger partial charge in [0, 0.05) is 25.4 Å². The second-order valence-electron chi connectivity index (χ2n) is 7.29. The van der Waals surface area contributed by atoms with E-state index in [-0.39, 0.29) is 17.3 Å². The summed E-state index contributed by atoms with van der Waals surface area (Å²) in [6, 6.07) is 7.40. The second kappa shape index (κ2) is 7.08. The zero-order valence-electron chi connectivity index (χ0n) is 14.6. The highest BCUT2D eigenvalue weighted by molar-refractivity contribution is 8.01. The van der Waals surface area contributed by atoms with Gasteiger partial charge in [0.15, 0.2) is 18.1 Å². The summed E-state index contributed by atoms with van der Waals surface area (Å²) in [6.45, 7) is 2.61. The SMILES string of the molecule is COc1ccccc1OCC(=O)N1CC2(C[C@H](OCC3CC3)CS2)C1. The summed E-state index contributed by atoms with van der Waals surface area (Å²) < 4.78 is 17.1. The number of ether oxygens (including phenoxy) is 3. The first-order valence-electron chi connectivity index (χ1n) is 8.97. The first-order chi connectivity index (χ1) is 12.2. The highest BCUT2D eigenvalue weighted by atomic mass is 32.2. The number of rotatable bonds is 7. The van der Waals surface area contributed by atoms with Crippen LogP contribution in [0, 0.1) is 5.92 Å². The van der Waals surface area contributed by atoms with Crippen molar-refractivity contribution < 1.29 is 19.0 Å². The van der Waals surface area contributed by atoms with E-state index < -0.39 is 0 Å². The molecule has 0 aromatic heterocycles. The lowest BCUT2D eigenvalue weighted by molar-refractivity contribution is -0.139. The molecule has 0 bridgehead atoms. The molecule has 0 N–H and O–H groups in total. The van der Waals surface area contributed by atoms with E-state index in [2.05, 4.69) is 0 Å². The minimum atomic E-state index is 0.0412. The maximum Gasteiger partial charge on any atom is 0.260 e. The van der Waals surface area contributed by atoms with Gasteiger partial charge in [-0.15, -0.1) is 11.8 Å². The van der Waals surface area contributed by atoms with Gasteiger partial charge in [0.05, 0.1) is 18.0 Å². The third kappa shape index (κ3) is 3.90. The van der Waals surface area contributed by atoms with Crippen molar-refractivity contribution in [3.63, 3.8) is 0 Å². The van der Waals surface area contributed by atoms with Crippen LogP contribution < -0.4 is 9.47 Å². The van der Waals surface area contributed by atoms with Crippen LogP contribution in [-0.4, -0.2) is 60.8 Å². The molecular weight excluding hydrogens is 338 g/mol. The first kappa shape index (κ1) is 17.0. The predicted molar refractivity (Wildman–Crippen MR) is 97.3 cm³/mol. The molecule has 2 heterocycles. The molecule has 5 nitrogen and oxygen atoms in total. The van der Waals surface area contributed by atoms with Crippen LogP contribution in [0.2, 0.25) is 0 Å². The number of methoxy groups -OCH3 is 1. The molecule has 3 fully saturated rings. The molecule has 1 spiro atoms. The van der Waals surface area contributed by atoms with E-state index in [1.807, 2.05) is 40.9 Å². The van der Waals surface area contributed by atoms with Crippen molar-refractivity contribution in [1.82, 2.24) is 4.90 Å². The Labute approximate surface area is 153 Å². The van der Waals surface area contributed by atoms with Gasteiger partial charge < -0.3 is 19.1 Å². The monoisotopic (exact) mass is 363 g/mol. The molecule has 1 saturated carbocycles. The fraction of sp³-hybridized carbons (Fsp3) is 0.632. The summed E-state index contributed by atoms with van der Waals surface area (Å²) in [5.41, 5.74) is 0. The summed E-state index contributed by atoms with van der Waals surface area (Å²) in [7, 11) is 1.60. The Balaban J connectivity index is 1.21. The third-order valence-corrected chi connectivity index (χ3v) is 6.75. The lowest BCUT2D eigenvalue weighted by atomic mass is 9.93. The zero-order chi connectivity index (χ0) is 17.3. The highest BCUT2D eigenvalue weighted by Crippen LogP contribution is 2.46. The van der Waals surface area contributed by atoms with Crippen molar-refractivity contribution in [2.45, 2.75) is 30.1 Å². The van der Waals surface area contributed by atoms with Gasteiger partial charge in [-0.2, -0.15) is 0 Å². The minimum absolute atomic E-state index is 0.0412. The van der Waals surface area contributed by atoms with E-state index in [1.54, 1.807) is 7.11 Å². The molecule has 25 heavy (non-hydrogen) atoms. The van der Waals surface area contributed by atoms with E-state index in [0.717, 1.165) is 37.8 Å². The third-order valence-electron chi connectivity index (χ3n) is 5.17. The van der Waals surface area contributed by atoms with Gasteiger partial charge in [-0.1, -0.05) is 12.1 Å². The Morgan fingerprint density at radius 2 is 2.04 bits per heavy atom. The number of amides is 1. The standard InChI is InChI=1S/C19H25NO4S/c1-22-16-4-2-3-5-17(16)24-10-18(21)20-12-19(13-20)8-15(11-25-19)23-9-14-6-7-14/h2-5,14-15H,6-13H2,1H3/t15-/m0/s1. The van der Waals surface area contributed by atoms with Crippen molar-refractivity contribution in [1.29, 1.82) is 0 Å². The van der Waals surface area contributed by atoms with Crippen molar-refractivity contribution in [3.8, 4) is 11.5 Å². The molecule has 4 rings (SSSR count). The van der Waals surface area contributed by atoms with Crippen LogP contribution in [0.4, 0.5) is 0 Å². The Morgan fingerprint density at radius 3 is 2.76 bits per heavy atom. The summed E-state index contributed by atoms with van der Waals surface area (Å²) in [5.74, 6) is 3.18. The van der Waals surface area contributed by atoms with E-state index in [1.165, 1.54) is 12.8 Å². The number of thioether (sulfide) groups is 1. The number of carbonyl (C=O) groups is 1. The maximum atomic E-state index is 12.4. The van der Waals surface area contributed by atoms with Crippen molar-refractivity contribution in [2.24, 2.45) is 5.92 Å². The highest BCUT2D eigenvalue weighted by Gasteiger charge is 2.51. The lowest BCUT2D eigenvalue weighted by Gasteiger charge is -2.47. The summed E-state index contributed by atoms with van der Waals surface area (Å²) in [5, 5.41) is 0. The Hall–Kier alpha value is -1.40. The molecule has 1 atom stereocenters. The number of hydrogen-bond acceptors (Lipinski definition) is 5. The van der Waals surface area contributed by atoms with E-state index >= 15 is 0 Å². The molecule has 6 heteroatoms. The summed E-state index contributed by atoms with van der Waals surface area (Å²) in [4.78, 5) is 14.3. The number of likely N-dealkylation sites (tertiary alicyclic amines) is 1. The molecule has 0 radical (unpaired) electrons. The fourth-order valence-corrected chi connectivity index (χ4v) is 5.03. The average Bonchev–Trinajstić information content (AvgIpc) is 3.34. The average molecular weight is 363 g/mol. The number of para-hydroxylation sites is 2. The van der Waals surface area contributed by atoms with Crippen LogP contribution in [0.5, 0.6) is 11.5 Å². The Morgan fingerprint density at radius 1 is 1.28 bits per heavy atom. The molecule has 0 unspecified atom stereocenters. The van der Waals surface area contributed by atoms with Gasteiger partial charge in [-0.25, -0.2) is 0 Å². The fourth-order valence-electron chi connectivity index (χ4n) is 3.48.